The molecule has 0 atom stereocenters. The van der Waals surface area contributed by atoms with Crippen molar-refractivity contribution in [3.05, 3.63) is 95.6 Å². The highest BCUT2D eigenvalue weighted by Crippen LogP contribution is 2.32. The second-order valence-corrected chi connectivity index (χ2v) is 6.88. The number of rotatable bonds is 6. The van der Waals surface area contributed by atoms with Crippen molar-refractivity contribution in [3.63, 3.8) is 0 Å². The summed E-state index contributed by atoms with van der Waals surface area (Å²) < 4.78 is 7.32. The van der Waals surface area contributed by atoms with Crippen molar-refractivity contribution < 1.29 is 4.74 Å². The number of aromatic nitrogens is 2. The van der Waals surface area contributed by atoms with Crippen molar-refractivity contribution in [2.24, 2.45) is 0 Å². The molecular weight excluding hydrogens is 370 g/mol. The predicted molar refractivity (Wildman–Crippen MR) is 114 cm³/mol. The number of nitrogens with one attached hydrogen (secondary N) is 1. The van der Waals surface area contributed by atoms with Crippen molar-refractivity contribution in [2.75, 3.05) is 12.4 Å². The summed E-state index contributed by atoms with van der Waals surface area (Å²) in [5.74, 6) is 0.795. The number of benzene rings is 3. The highest BCUT2D eigenvalue weighted by Gasteiger charge is 2.13. The van der Waals surface area contributed by atoms with Crippen molar-refractivity contribution in [2.45, 2.75) is 6.54 Å². The predicted octanol–water partition coefficient (Wildman–Crippen LogP) is 6.00. The van der Waals surface area contributed by atoms with E-state index in [1.54, 1.807) is 7.11 Å². The molecule has 0 aliphatic rings. The molecule has 0 saturated carbocycles. The number of nitrogens with zero attached hydrogens (tertiary/aromatic N) is 2. The lowest BCUT2D eigenvalue weighted by molar-refractivity contribution is 0.415. The van der Waals surface area contributed by atoms with Crippen LogP contribution in [0, 0.1) is 0 Å². The fraction of sp³-hybridized carbons (Fsp3) is 0.0870. The average molecular weight is 390 g/mol. The number of anilines is 2. The number of hydrogen-bond acceptors (Lipinski definition) is 3. The summed E-state index contributed by atoms with van der Waals surface area (Å²) in [6, 6.07) is 25.8. The third-order valence-corrected chi connectivity index (χ3v) is 4.63. The molecule has 0 aliphatic heterocycles. The summed E-state index contributed by atoms with van der Waals surface area (Å²) in [6.07, 6.45) is 2.02. The van der Waals surface area contributed by atoms with Crippen LogP contribution < -0.4 is 10.1 Å². The largest absolute Gasteiger partial charge is 0.497 e. The second-order valence-electron chi connectivity index (χ2n) is 6.44. The summed E-state index contributed by atoms with van der Waals surface area (Å²) in [4.78, 5) is 0. The molecule has 0 aliphatic carbocycles. The Labute approximate surface area is 169 Å². The molecule has 28 heavy (non-hydrogen) atoms. The highest BCUT2D eigenvalue weighted by atomic mass is 35.5. The van der Waals surface area contributed by atoms with Crippen LogP contribution in [0.2, 0.25) is 5.02 Å². The van der Waals surface area contributed by atoms with E-state index >= 15 is 0 Å². The van der Waals surface area contributed by atoms with Crippen molar-refractivity contribution in [1.82, 2.24) is 9.78 Å². The maximum absolute atomic E-state index is 6.14. The van der Waals surface area contributed by atoms with Gasteiger partial charge in [-0.25, -0.2) is 0 Å². The molecule has 1 heterocycles. The fourth-order valence-corrected chi connectivity index (χ4v) is 3.26. The van der Waals surface area contributed by atoms with Crippen LogP contribution in [0.3, 0.4) is 0 Å². The first-order chi connectivity index (χ1) is 13.7. The van der Waals surface area contributed by atoms with Crippen LogP contribution in [0.25, 0.3) is 11.3 Å². The molecule has 5 heteroatoms. The fourth-order valence-electron chi connectivity index (χ4n) is 3.07. The van der Waals surface area contributed by atoms with Crippen molar-refractivity contribution in [3.8, 4) is 17.0 Å². The van der Waals surface area contributed by atoms with Gasteiger partial charge in [0.05, 0.1) is 19.3 Å². The lowest BCUT2D eigenvalue weighted by Crippen LogP contribution is -2.00. The van der Waals surface area contributed by atoms with E-state index in [9.17, 15) is 0 Å². The van der Waals surface area contributed by atoms with Crippen LogP contribution in [0.1, 0.15) is 5.56 Å². The van der Waals surface area contributed by atoms with Gasteiger partial charge in [0.1, 0.15) is 11.4 Å². The molecule has 1 aromatic heterocycles. The van der Waals surface area contributed by atoms with E-state index in [0.29, 0.717) is 11.6 Å². The Hall–Kier alpha value is -3.24. The van der Waals surface area contributed by atoms with Crippen molar-refractivity contribution in [1.29, 1.82) is 0 Å². The molecule has 3 aromatic carbocycles. The van der Waals surface area contributed by atoms with E-state index in [4.69, 9.17) is 21.4 Å². The van der Waals surface area contributed by atoms with E-state index in [-0.39, 0.29) is 0 Å². The van der Waals surface area contributed by atoms with Crippen LogP contribution in [-0.4, -0.2) is 16.9 Å². The SMILES string of the molecule is COc1cccc(-c2nn(Cc3ccccc3)cc2Nc2cccc(Cl)c2)c1. The Morgan fingerprint density at radius 2 is 1.79 bits per heavy atom. The van der Waals surface area contributed by atoms with Gasteiger partial charge in [-0.15, -0.1) is 0 Å². The Kier molecular flexibility index (Phi) is 5.31. The van der Waals surface area contributed by atoms with Gasteiger partial charge >= 0.3 is 0 Å². The minimum absolute atomic E-state index is 0.685. The molecule has 0 spiro atoms. The summed E-state index contributed by atoms with van der Waals surface area (Å²) in [7, 11) is 1.66. The summed E-state index contributed by atoms with van der Waals surface area (Å²) in [5, 5.41) is 8.97. The van der Waals surface area contributed by atoms with Crippen LogP contribution in [0.15, 0.2) is 85.1 Å². The Bertz CT molecular complexity index is 1080. The monoisotopic (exact) mass is 389 g/mol. The van der Waals surface area contributed by atoms with E-state index < -0.39 is 0 Å². The molecule has 4 nitrogen and oxygen atoms in total. The first kappa shape index (κ1) is 18.1. The lowest BCUT2D eigenvalue weighted by atomic mass is 10.1. The standard InChI is InChI=1S/C23H20ClN3O/c1-28-21-12-5-9-18(13-21)23-22(25-20-11-6-10-19(24)14-20)16-27(26-23)15-17-7-3-2-4-8-17/h2-14,16,25H,15H2,1H3. The van der Waals surface area contributed by atoms with Gasteiger partial charge < -0.3 is 10.1 Å². The molecule has 4 aromatic rings. The maximum Gasteiger partial charge on any atom is 0.119 e. The number of methoxy groups -OCH3 is 1. The zero-order valence-electron chi connectivity index (χ0n) is 15.5. The normalized spacial score (nSPS) is 10.6. The first-order valence-corrected chi connectivity index (χ1v) is 9.37. The molecule has 0 radical (unpaired) electrons. The van der Waals surface area contributed by atoms with Gasteiger partial charge in [0.2, 0.25) is 0 Å². The molecule has 0 fully saturated rings. The summed E-state index contributed by atoms with van der Waals surface area (Å²) in [5.41, 5.74) is 4.85. The quantitative estimate of drug-likeness (QED) is 0.439. The second kappa shape index (κ2) is 8.19. The minimum Gasteiger partial charge on any atom is -0.497 e. The van der Waals surface area contributed by atoms with Crippen LogP contribution >= 0.6 is 11.6 Å². The Morgan fingerprint density at radius 1 is 0.964 bits per heavy atom. The van der Waals surface area contributed by atoms with Gasteiger partial charge in [-0.1, -0.05) is 60.1 Å². The molecule has 0 unspecified atom stereocenters. The van der Waals surface area contributed by atoms with Crippen LogP contribution in [-0.2, 0) is 6.54 Å². The maximum atomic E-state index is 6.14. The van der Waals surface area contributed by atoms with Gasteiger partial charge in [-0.2, -0.15) is 5.10 Å². The van der Waals surface area contributed by atoms with Gasteiger partial charge in [0.15, 0.2) is 0 Å². The topological polar surface area (TPSA) is 39.1 Å². The average Bonchev–Trinajstić information content (AvgIpc) is 3.11. The van der Waals surface area contributed by atoms with E-state index in [1.807, 2.05) is 77.6 Å². The smallest absolute Gasteiger partial charge is 0.119 e. The van der Waals surface area contributed by atoms with Crippen LogP contribution in [0.4, 0.5) is 11.4 Å². The third kappa shape index (κ3) is 4.18. The Balaban J connectivity index is 1.73. The molecule has 0 amide bonds. The van der Waals surface area contributed by atoms with Crippen LogP contribution in [0.5, 0.6) is 5.75 Å². The zero-order chi connectivity index (χ0) is 19.3. The van der Waals surface area contributed by atoms with Gasteiger partial charge in [-0.3, -0.25) is 4.68 Å². The molecular formula is C23H20ClN3O. The lowest BCUT2D eigenvalue weighted by Gasteiger charge is -2.08. The molecule has 140 valence electrons. The minimum atomic E-state index is 0.685. The van der Waals surface area contributed by atoms with Gasteiger partial charge in [0, 0.05) is 22.5 Å². The van der Waals surface area contributed by atoms with E-state index in [0.717, 1.165) is 28.4 Å². The molecule has 0 saturated heterocycles. The summed E-state index contributed by atoms with van der Waals surface area (Å²) >= 11 is 6.14. The first-order valence-electron chi connectivity index (χ1n) is 9.00. The van der Waals surface area contributed by atoms with E-state index in [2.05, 4.69) is 17.4 Å². The molecule has 0 bridgehead atoms. The third-order valence-electron chi connectivity index (χ3n) is 4.40. The molecule has 4 rings (SSSR count). The van der Waals surface area contributed by atoms with E-state index in [1.165, 1.54) is 5.56 Å². The number of ether oxygens (including phenoxy) is 1. The van der Waals surface area contributed by atoms with Crippen molar-refractivity contribution >= 4 is 23.0 Å². The summed E-state index contributed by atoms with van der Waals surface area (Å²) in [6.45, 7) is 0.690. The number of hydrogen-bond donors (Lipinski definition) is 1. The molecule has 1 N–H and O–H groups in total. The highest BCUT2D eigenvalue weighted by molar-refractivity contribution is 6.30. The zero-order valence-corrected chi connectivity index (χ0v) is 16.2. The van der Waals surface area contributed by atoms with Gasteiger partial charge in [-0.05, 0) is 35.9 Å². The van der Waals surface area contributed by atoms with Gasteiger partial charge in [0.25, 0.3) is 0 Å². The number of halogens is 1. The Morgan fingerprint density at radius 3 is 2.57 bits per heavy atom.